The fraction of sp³-hybridized carbons (Fsp3) is 0.143. The van der Waals surface area contributed by atoms with Crippen molar-refractivity contribution in [3.63, 3.8) is 0 Å². The fourth-order valence-electron chi connectivity index (χ4n) is 1.78. The van der Waals surface area contributed by atoms with Gasteiger partial charge in [0.15, 0.2) is 0 Å². The molecule has 0 radical (unpaired) electrons. The van der Waals surface area contributed by atoms with Gasteiger partial charge in [-0.1, -0.05) is 6.07 Å². The highest BCUT2D eigenvalue weighted by atomic mass is 32.2. The summed E-state index contributed by atoms with van der Waals surface area (Å²) in [7, 11) is -3.82. The SMILES string of the molecule is CCOc1cccc(NS(=O)(=O)c2ccc([N+](=O)[O-])cc2)c1. The van der Waals surface area contributed by atoms with Gasteiger partial charge in [0.25, 0.3) is 15.7 Å². The molecule has 0 heterocycles. The van der Waals surface area contributed by atoms with E-state index >= 15 is 0 Å². The maximum absolute atomic E-state index is 12.2. The summed E-state index contributed by atoms with van der Waals surface area (Å²) in [4.78, 5) is 9.93. The highest BCUT2D eigenvalue weighted by molar-refractivity contribution is 7.92. The van der Waals surface area contributed by atoms with Crippen molar-refractivity contribution in [1.29, 1.82) is 0 Å². The van der Waals surface area contributed by atoms with E-state index in [-0.39, 0.29) is 10.6 Å². The van der Waals surface area contributed by atoms with Crippen LogP contribution in [0.15, 0.2) is 53.4 Å². The van der Waals surface area contributed by atoms with Crippen LogP contribution in [-0.4, -0.2) is 19.9 Å². The number of benzene rings is 2. The van der Waals surface area contributed by atoms with E-state index in [4.69, 9.17) is 4.74 Å². The Hall–Kier alpha value is -2.61. The smallest absolute Gasteiger partial charge is 0.269 e. The van der Waals surface area contributed by atoms with E-state index in [1.54, 1.807) is 24.3 Å². The zero-order valence-electron chi connectivity index (χ0n) is 11.7. The molecule has 0 saturated heterocycles. The molecular formula is C14H14N2O5S. The van der Waals surface area contributed by atoms with Gasteiger partial charge < -0.3 is 4.74 Å². The summed E-state index contributed by atoms with van der Waals surface area (Å²) >= 11 is 0. The second-order valence-corrected chi connectivity index (χ2v) is 6.00. The van der Waals surface area contributed by atoms with Crippen LogP contribution in [0.4, 0.5) is 11.4 Å². The second-order valence-electron chi connectivity index (χ2n) is 4.32. The molecule has 8 heteroatoms. The average molecular weight is 322 g/mol. The zero-order valence-corrected chi connectivity index (χ0v) is 12.5. The Morgan fingerprint density at radius 3 is 2.45 bits per heavy atom. The first-order valence-corrected chi connectivity index (χ1v) is 7.91. The van der Waals surface area contributed by atoms with Gasteiger partial charge in [-0.25, -0.2) is 8.42 Å². The van der Waals surface area contributed by atoms with E-state index in [9.17, 15) is 18.5 Å². The topological polar surface area (TPSA) is 98.5 Å². The predicted molar refractivity (Wildman–Crippen MR) is 81.5 cm³/mol. The lowest BCUT2D eigenvalue weighted by Gasteiger charge is -2.09. The Bertz CT molecular complexity index is 772. The van der Waals surface area contributed by atoms with E-state index in [0.29, 0.717) is 18.0 Å². The standard InChI is InChI=1S/C14H14N2O5S/c1-2-21-13-5-3-4-11(10-13)15-22(19,20)14-8-6-12(7-9-14)16(17)18/h3-10,15H,2H2,1H3. The van der Waals surface area contributed by atoms with Crippen molar-refractivity contribution >= 4 is 21.4 Å². The number of anilines is 1. The van der Waals surface area contributed by atoms with Crippen LogP contribution in [0.3, 0.4) is 0 Å². The zero-order chi connectivity index (χ0) is 16.2. The molecule has 0 aliphatic heterocycles. The van der Waals surface area contributed by atoms with Crippen molar-refractivity contribution in [3.05, 3.63) is 58.6 Å². The largest absolute Gasteiger partial charge is 0.494 e. The number of nitrogens with one attached hydrogen (secondary N) is 1. The van der Waals surface area contributed by atoms with Crippen LogP contribution in [0.5, 0.6) is 5.75 Å². The van der Waals surface area contributed by atoms with Crippen molar-refractivity contribution in [2.75, 3.05) is 11.3 Å². The number of nitrogens with zero attached hydrogens (tertiary/aromatic N) is 1. The number of nitro groups is 1. The molecule has 0 fully saturated rings. The molecule has 0 bridgehead atoms. The first-order chi connectivity index (χ1) is 10.4. The Labute approximate surface area is 127 Å². The Balaban J connectivity index is 2.23. The van der Waals surface area contributed by atoms with Crippen molar-refractivity contribution in [1.82, 2.24) is 0 Å². The molecule has 0 aromatic heterocycles. The van der Waals surface area contributed by atoms with Crippen LogP contribution in [0.1, 0.15) is 6.92 Å². The summed E-state index contributed by atoms with van der Waals surface area (Å²) in [6.45, 7) is 2.30. The number of non-ortho nitro benzene ring substituents is 1. The van der Waals surface area contributed by atoms with E-state index in [1.807, 2.05) is 6.92 Å². The third-order valence-electron chi connectivity index (χ3n) is 2.76. The molecule has 0 aliphatic rings. The van der Waals surface area contributed by atoms with E-state index < -0.39 is 14.9 Å². The molecule has 2 rings (SSSR count). The minimum absolute atomic E-state index is 0.0556. The molecule has 2 aromatic rings. The van der Waals surface area contributed by atoms with Gasteiger partial charge >= 0.3 is 0 Å². The Kier molecular flexibility index (Phi) is 4.62. The Morgan fingerprint density at radius 1 is 1.18 bits per heavy atom. The van der Waals surface area contributed by atoms with Gasteiger partial charge in [-0.05, 0) is 31.2 Å². The summed E-state index contributed by atoms with van der Waals surface area (Å²) in [6, 6.07) is 11.2. The first-order valence-electron chi connectivity index (χ1n) is 6.42. The third kappa shape index (κ3) is 3.73. The van der Waals surface area contributed by atoms with Gasteiger partial charge in [-0.15, -0.1) is 0 Å². The van der Waals surface area contributed by atoms with Gasteiger partial charge in [-0.2, -0.15) is 0 Å². The normalized spacial score (nSPS) is 11.0. The van der Waals surface area contributed by atoms with Gasteiger partial charge in [0, 0.05) is 18.2 Å². The molecule has 1 N–H and O–H groups in total. The molecule has 0 saturated carbocycles. The number of rotatable bonds is 6. The van der Waals surface area contributed by atoms with Gasteiger partial charge in [0.2, 0.25) is 0 Å². The van der Waals surface area contributed by atoms with Crippen molar-refractivity contribution in [2.45, 2.75) is 11.8 Å². The van der Waals surface area contributed by atoms with Crippen LogP contribution < -0.4 is 9.46 Å². The highest BCUT2D eigenvalue weighted by Gasteiger charge is 2.16. The maximum Gasteiger partial charge on any atom is 0.269 e. The summed E-state index contributed by atoms with van der Waals surface area (Å²) in [5.74, 6) is 0.548. The van der Waals surface area contributed by atoms with Gasteiger partial charge in [-0.3, -0.25) is 14.8 Å². The summed E-state index contributed by atoms with van der Waals surface area (Å²) in [5.41, 5.74) is 0.182. The maximum atomic E-state index is 12.2. The minimum Gasteiger partial charge on any atom is -0.494 e. The van der Waals surface area contributed by atoms with Crippen LogP contribution in [-0.2, 0) is 10.0 Å². The summed E-state index contributed by atoms with van der Waals surface area (Å²) < 4.78 is 32.2. The molecule has 0 spiro atoms. The molecular weight excluding hydrogens is 308 g/mol. The van der Waals surface area contributed by atoms with Crippen LogP contribution >= 0.6 is 0 Å². The molecule has 2 aromatic carbocycles. The lowest BCUT2D eigenvalue weighted by atomic mass is 10.3. The summed E-state index contributed by atoms with van der Waals surface area (Å²) in [5, 5.41) is 10.6. The molecule has 7 nitrogen and oxygen atoms in total. The lowest BCUT2D eigenvalue weighted by Crippen LogP contribution is -2.13. The lowest BCUT2D eigenvalue weighted by molar-refractivity contribution is -0.384. The van der Waals surface area contributed by atoms with Crippen molar-refractivity contribution in [2.24, 2.45) is 0 Å². The fourth-order valence-corrected chi connectivity index (χ4v) is 2.83. The first kappa shape index (κ1) is 15.8. The van der Waals surface area contributed by atoms with Crippen molar-refractivity contribution in [3.8, 4) is 5.75 Å². The van der Waals surface area contributed by atoms with E-state index in [1.165, 1.54) is 12.1 Å². The van der Waals surface area contributed by atoms with E-state index in [2.05, 4.69) is 4.72 Å². The average Bonchev–Trinajstić information content (AvgIpc) is 2.47. The number of ether oxygens (including phenoxy) is 1. The van der Waals surface area contributed by atoms with Gasteiger partial charge in [0.1, 0.15) is 5.75 Å². The van der Waals surface area contributed by atoms with Crippen LogP contribution in [0.2, 0.25) is 0 Å². The van der Waals surface area contributed by atoms with Gasteiger partial charge in [0.05, 0.1) is 22.1 Å². The molecule has 0 amide bonds. The third-order valence-corrected chi connectivity index (χ3v) is 4.15. The molecule has 116 valence electrons. The number of sulfonamides is 1. The van der Waals surface area contributed by atoms with Crippen LogP contribution in [0, 0.1) is 10.1 Å². The second kappa shape index (κ2) is 6.44. The van der Waals surface area contributed by atoms with Crippen molar-refractivity contribution < 1.29 is 18.1 Å². The quantitative estimate of drug-likeness (QED) is 0.651. The Morgan fingerprint density at radius 2 is 1.86 bits per heavy atom. The molecule has 0 aliphatic carbocycles. The van der Waals surface area contributed by atoms with Crippen LogP contribution in [0.25, 0.3) is 0 Å². The summed E-state index contributed by atoms with van der Waals surface area (Å²) in [6.07, 6.45) is 0. The monoisotopic (exact) mass is 322 g/mol. The highest BCUT2D eigenvalue weighted by Crippen LogP contribution is 2.22. The molecule has 22 heavy (non-hydrogen) atoms. The predicted octanol–water partition coefficient (Wildman–Crippen LogP) is 2.79. The molecule has 0 unspecified atom stereocenters. The minimum atomic E-state index is -3.82. The number of hydrogen-bond acceptors (Lipinski definition) is 5. The molecule has 0 atom stereocenters. The number of hydrogen-bond donors (Lipinski definition) is 1. The number of nitro benzene ring substituents is 1. The van der Waals surface area contributed by atoms with E-state index in [0.717, 1.165) is 12.1 Å².